The molecular formula is C15H22BrClN2O2. The van der Waals surface area contributed by atoms with Gasteiger partial charge in [-0.3, -0.25) is 4.79 Å². The Hall–Kier alpha value is -0.780. The van der Waals surface area contributed by atoms with Gasteiger partial charge in [0.05, 0.1) is 38.8 Å². The first kappa shape index (κ1) is 18.3. The van der Waals surface area contributed by atoms with Gasteiger partial charge in [0.25, 0.3) is 5.91 Å². The number of benzene rings is 1. The summed E-state index contributed by atoms with van der Waals surface area (Å²) in [6, 6.07) is 3.45. The number of aromatic hydroxyl groups is 1. The molecule has 1 fully saturated rings. The predicted molar refractivity (Wildman–Crippen MR) is 82.9 cm³/mol. The predicted octanol–water partition coefficient (Wildman–Crippen LogP) is -0.563. The fraction of sp³-hybridized carbons (Fsp3) is 0.533. The van der Waals surface area contributed by atoms with E-state index in [-0.39, 0.29) is 24.1 Å². The zero-order valence-corrected chi connectivity index (χ0v) is 14.8. The van der Waals surface area contributed by atoms with Crippen LogP contribution in [0.3, 0.4) is 0 Å². The van der Waals surface area contributed by atoms with Crippen molar-refractivity contribution in [2.45, 2.75) is 19.8 Å². The second kappa shape index (κ2) is 7.47. The topological polar surface area (TPSA) is 49.3 Å². The van der Waals surface area contributed by atoms with Gasteiger partial charge in [-0.15, -0.1) is 0 Å². The number of aryl methyl sites for hydroxylation is 1. The number of halogens is 2. The number of carbonyl (C=O) groups is 1. The fourth-order valence-corrected chi connectivity index (χ4v) is 3.34. The number of quaternary nitrogens is 1. The Morgan fingerprint density at radius 3 is 2.62 bits per heavy atom. The number of likely N-dealkylation sites (N-methyl/N-ethyl adjacent to an activating group) is 1. The van der Waals surface area contributed by atoms with E-state index in [0.29, 0.717) is 17.7 Å². The van der Waals surface area contributed by atoms with Crippen molar-refractivity contribution in [2.24, 2.45) is 0 Å². The second-order valence-corrected chi connectivity index (χ2v) is 6.79. The van der Waals surface area contributed by atoms with Crippen molar-refractivity contribution in [1.82, 2.24) is 5.32 Å². The van der Waals surface area contributed by atoms with Crippen LogP contribution in [-0.4, -0.2) is 48.7 Å². The summed E-state index contributed by atoms with van der Waals surface area (Å²) in [5.74, 6) is -0.148. The van der Waals surface area contributed by atoms with Gasteiger partial charge in [-0.25, -0.2) is 0 Å². The van der Waals surface area contributed by atoms with Gasteiger partial charge in [0.15, 0.2) is 0 Å². The normalized spacial score (nSPS) is 16.3. The van der Waals surface area contributed by atoms with E-state index in [1.165, 1.54) is 25.9 Å². The first-order valence-corrected chi connectivity index (χ1v) is 7.81. The number of hydrogen-bond donors (Lipinski definition) is 2. The van der Waals surface area contributed by atoms with Gasteiger partial charge in [-0.05, 0) is 24.6 Å². The molecule has 4 nitrogen and oxygen atoms in total. The molecule has 1 aromatic rings. The molecule has 2 N–H and O–H groups in total. The lowest BCUT2D eigenvalue weighted by molar-refractivity contribution is -0.896. The van der Waals surface area contributed by atoms with E-state index in [9.17, 15) is 9.90 Å². The second-order valence-electron chi connectivity index (χ2n) is 5.87. The van der Waals surface area contributed by atoms with Gasteiger partial charge in [0.1, 0.15) is 5.75 Å². The van der Waals surface area contributed by atoms with Gasteiger partial charge >= 0.3 is 0 Å². The molecule has 6 heteroatoms. The van der Waals surface area contributed by atoms with Crippen LogP contribution < -0.4 is 17.7 Å². The van der Waals surface area contributed by atoms with E-state index in [0.717, 1.165) is 15.5 Å². The van der Waals surface area contributed by atoms with Crippen molar-refractivity contribution in [3.8, 4) is 5.75 Å². The number of rotatable bonds is 4. The van der Waals surface area contributed by atoms with Crippen molar-refractivity contribution in [3.05, 3.63) is 27.7 Å². The number of amides is 1. The smallest absolute Gasteiger partial charge is 0.255 e. The lowest BCUT2D eigenvalue weighted by Crippen LogP contribution is -3.00. The molecule has 0 atom stereocenters. The van der Waals surface area contributed by atoms with Gasteiger partial charge < -0.3 is 27.3 Å². The number of hydrogen-bond acceptors (Lipinski definition) is 2. The molecule has 0 unspecified atom stereocenters. The van der Waals surface area contributed by atoms with Crippen LogP contribution in [0.4, 0.5) is 0 Å². The Bertz CT molecular complexity index is 517. The first-order chi connectivity index (χ1) is 9.41. The molecule has 2 rings (SSSR count). The molecule has 1 amide bonds. The Kier molecular flexibility index (Phi) is 6.50. The molecule has 0 bridgehead atoms. The van der Waals surface area contributed by atoms with Gasteiger partial charge in [0, 0.05) is 17.3 Å². The van der Waals surface area contributed by atoms with Crippen LogP contribution >= 0.6 is 15.9 Å². The lowest BCUT2D eigenvalue weighted by atomic mass is 10.1. The minimum Gasteiger partial charge on any atom is -1.00 e. The van der Waals surface area contributed by atoms with Crippen LogP contribution in [0.2, 0.25) is 0 Å². The maximum Gasteiger partial charge on any atom is 0.255 e. The van der Waals surface area contributed by atoms with Crippen LogP contribution in [0.25, 0.3) is 0 Å². The highest BCUT2D eigenvalue weighted by molar-refractivity contribution is 9.10. The molecule has 0 aliphatic carbocycles. The standard InChI is InChI=1S/C15H21BrN2O2.ClH/c1-11-9-12(16)10-13(14(11)19)15(20)17-5-8-18(2)6-3-4-7-18;/h9-10H,3-8H2,1-2H3,(H-,17,19,20);1H. The number of carbonyl (C=O) groups excluding carboxylic acids is 1. The summed E-state index contributed by atoms with van der Waals surface area (Å²) in [6.07, 6.45) is 2.55. The quantitative estimate of drug-likeness (QED) is 0.691. The number of phenolic OH excluding ortho intramolecular Hbond substituents is 1. The zero-order valence-electron chi connectivity index (χ0n) is 12.5. The van der Waals surface area contributed by atoms with Crippen molar-refractivity contribution < 1.29 is 26.8 Å². The van der Waals surface area contributed by atoms with E-state index >= 15 is 0 Å². The summed E-state index contributed by atoms with van der Waals surface area (Å²) in [5, 5.41) is 12.9. The van der Waals surface area contributed by atoms with Gasteiger partial charge in [-0.1, -0.05) is 15.9 Å². The van der Waals surface area contributed by atoms with Crippen molar-refractivity contribution in [3.63, 3.8) is 0 Å². The van der Waals surface area contributed by atoms with E-state index in [1.807, 2.05) is 0 Å². The average molecular weight is 378 g/mol. The highest BCUT2D eigenvalue weighted by atomic mass is 79.9. The number of nitrogens with one attached hydrogen (secondary N) is 1. The van der Waals surface area contributed by atoms with E-state index in [4.69, 9.17) is 0 Å². The summed E-state index contributed by atoms with van der Waals surface area (Å²) >= 11 is 3.35. The molecule has 21 heavy (non-hydrogen) atoms. The molecule has 118 valence electrons. The Balaban J connectivity index is 0.00000220. The van der Waals surface area contributed by atoms with Crippen molar-refractivity contribution in [1.29, 1.82) is 0 Å². The third-order valence-electron chi connectivity index (χ3n) is 4.09. The fourth-order valence-electron chi connectivity index (χ4n) is 2.77. The average Bonchev–Trinajstić information content (AvgIpc) is 2.80. The number of nitrogens with zero attached hydrogens (tertiary/aromatic N) is 1. The zero-order chi connectivity index (χ0) is 14.8. The largest absolute Gasteiger partial charge is 1.00 e. The van der Waals surface area contributed by atoms with Crippen LogP contribution in [-0.2, 0) is 0 Å². The summed E-state index contributed by atoms with van der Waals surface area (Å²) in [4.78, 5) is 12.1. The monoisotopic (exact) mass is 376 g/mol. The molecule has 1 heterocycles. The molecule has 1 saturated heterocycles. The number of likely N-dealkylation sites (tertiary alicyclic amines) is 1. The minimum absolute atomic E-state index is 0. The van der Waals surface area contributed by atoms with E-state index in [1.54, 1.807) is 19.1 Å². The van der Waals surface area contributed by atoms with E-state index < -0.39 is 0 Å². The Morgan fingerprint density at radius 1 is 1.38 bits per heavy atom. The van der Waals surface area contributed by atoms with Crippen LogP contribution in [0.15, 0.2) is 16.6 Å². The Morgan fingerprint density at radius 2 is 2.00 bits per heavy atom. The van der Waals surface area contributed by atoms with Gasteiger partial charge in [0.2, 0.25) is 0 Å². The molecular weight excluding hydrogens is 356 g/mol. The van der Waals surface area contributed by atoms with Gasteiger partial charge in [-0.2, -0.15) is 0 Å². The first-order valence-electron chi connectivity index (χ1n) is 7.02. The maximum absolute atomic E-state index is 12.1. The van der Waals surface area contributed by atoms with Crippen molar-refractivity contribution in [2.75, 3.05) is 33.2 Å². The molecule has 1 aliphatic rings. The summed E-state index contributed by atoms with van der Waals surface area (Å²) in [5.41, 5.74) is 1.03. The highest BCUT2D eigenvalue weighted by Crippen LogP contribution is 2.26. The lowest BCUT2D eigenvalue weighted by Gasteiger charge is -2.29. The molecule has 1 aromatic carbocycles. The highest BCUT2D eigenvalue weighted by Gasteiger charge is 2.26. The summed E-state index contributed by atoms with van der Waals surface area (Å²) < 4.78 is 1.83. The summed E-state index contributed by atoms with van der Waals surface area (Å²) in [6.45, 7) is 5.75. The summed E-state index contributed by atoms with van der Waals surface area (Å²) in [7, 11) is 2.24. The Labute approximate surface area is 140 Å². The molecule has 0 spiro atoms. The minimum atomic E-state index is -0.210. The van der Waals surface area contributed by atoms with Crippen LogP contribution in [0.5, 0.6) is 5.75 Å². The molecule has 0 saturated carbocycles. The molecule has 0 aromatic heterocycles. The number of phenols is 1. The van der Waals surface area contributed by atoms with E-state index in [2.05, 4.69) is 28.3 Å². The van der Waals surface area contributed by atoms with Crippen LogP contribution in [0.1, 0.15) is 28.8 Å². The molecule has 1 aliphatic heterocycles. The van der Waals surface area contributed by atoms with Crippen molar-refractivity contribution >= 4 is 21.8 Å². The third kappa shape index (κ3) is 4.59. The molecule has 0 radical (unpaired) electrons. The third-order valence-corrected chi connectivity index (χ3v) is 4.55. The SMILES string of the molecule is Cc1cc(Br)cc(C(=O)NCC[N+]2(C)CCCC2)c1O.[Cl-]. The van der Waals surface area contributed by atoms with Crippen LogP contribution in [0, 0.1) is 6.92 Å². The maximum atomic E-state index is 12.1.